The number of benzene rings is 1. The van der Waals surface area contributed by atoms with Crippen LogP contribution in [-0.2, 0) is 0 Å². The number of halogens is 4. The Bertz CT molecular complexity index is 409. The topological polar surface area (TPSA) is 21.3 Å². The first kappa shape index (κ1) is 16.3. The van der Waals surface area contributed by atoms with Crippen molar-refractivity contribution >= 4 is 15.9 Å². The average molecular weight is 340 g/mol. The van der Waals surface area contributed by atoms with Gasteiger partial charge in [0.2, 0.25) is 0 Å². The number of nitrogens with one attached hydrogen (secondary N) is 1. The third-order valence-corrected chi connectivity index (χ3v) is 3.47. The van der Waals surface area contributed by atoms with Gasteiger partial charge in [-0.1, -0.05) is 22.9 Å². The van der Waals surface area contributed by atoms with Crippen LogP contribution < -0.4 is 10.1 Å². The van der Waals surface area contributed by atoms with Gasteiger partial charge in [0.25, 0.3) is 0 Å². The highest BCUT2D eigenvalue weighted by molar-refractivity contribution is 9.10. The normalized spacial score (nSPS) is 13.4. The summed E-state index contributed by atoms with van der Waals surface area (Å²) in [5.74, 6) is 0.633. The second-order valence-corrected chi connectivity index (χ2v) is 5.01. The summed E-state index contributed by atoms with van der Waals surface area (Å²) in [4.78, 5) is 0. The van der Waals surface area contributed by atoms with E-state index in [-0.39, 0.29) is 12.5 Å². The number of hydrogen-bond donors (Lipinski definition) is 1. The van der Waals surface area contributed by atoms with Gasteiger partial charge in [-0.2, -0.15) is 13.2 Å². The van der Waals surface area contributed by atoms with Gasteiger partial charge in [-0.25, -0.2) is 0 Å². The summed E-state index contributed by atoms with van der Waals surface area (Å²) in [5, 5.41) is 3.08. The van der Waals surface area contributed by atoms with Crippen molar-refractivity contribution in [3.05, 3.63) is 28.2 Å². The number of ether oxygens (including phenoxy) is 1. The molecule has 0 radical (unpaired) electrons. The van der Waals surface area contributed by atoms with E-state index in [2.05, 4.69) is 21.2 Å². The zero-order valence-corrected chi connectivity index (χ0v) is 12.4. The van der Waals surface area contributed by atoms with Crippen molar-refractivity contribution in [1.29, 1.82) is 0 Å². The number of rotatable bonds is 6. The molecule has 2 nitrogen and oxygen atoms in total. The minimum Gasteiger partial charge on any atom is -0.497 e. The van der Waals surface area contributed by atoms with E-state index < -0.39 is 12.6 Å². The highest BCUT2D eigenvalue weighted by Crippen LogP contribution is 2.33. The Balaban J connectivity index is 2.91. The maximum atomic E-state index is 12.4. The molecule has 0 aliphatic rings. The molecule has 1 N–H and O–H groups in total. The fourth-order valence-corrected chi connectivity index (χ4v) is 2.36. The molecule has 0 fully saturated rings. The molecule has 1 aromatic rings. The van der Waals surface area contributed by atoms with Crippen LogP contribution in [-0.4, -0.2) is 19.8 Å². The molecule has 0 bridgehead atoms. The zero-order chi connectivity index (χ0) is 14.5. The van der Waals surface area contributed by atoms with Crippen molar-refractivity contribution in [2.45, 2.75) is 32.0 Å². The Kier molecular flexibility index (Phi) is 6.13. The van der Waals surface area contributed by atoms with E-state index in [1.165, 1.54) is 7.11 Å². The molecule has 0 aliphatic heterocycles. The SMILES string of the molecule is CCNC(CCC(F)(F)F)c1cc(OC)ccc1Br. The molecule has 1 rings (SSSR count). The zero-order valence-electron chi connectivity index (χ0n) is 10.9. The van der Waals surface area contributed by atoms with Crippen LogP contribution in [0.4, 0.5) is 13.2 Å². The molecule has 0 heterocycles. The summed E-state index contributed by atoms with van der Waals surface area (Å²) in [5.41, 5.74) is 0.783. The van der Waals surface area contributed by atoms with E-state index in [1.807, 2.05) is 6.92 Å². The third kappa shape index (κ3) is 5.40. The van der Waals surface area contributed by atoms with Gasteiger partial charge in [-0.15, -0.1) is 0 Å². The highest BCUT2D eigenvalue weighted by atomic mass is 79.9. The smallest absolute Gasteiger partial charge is 0.389 e. The van der Waals surface area contributed by atoms with Crippen LogP contribution in [0.1, 0.15) is 31.4 Å². The largest absolute Gasteiger partial charge is 0.497 e. The molecule has 0 saturated heterocycles. The van der Waals surface area contributed by atoms with E-state index >= 15 is 0 Å². The molecule has 108 valence electrons. The molecular weight excluding hydrogens is 323 g/mol. The summed E-state index contributed by atoms with van der Waals surface area (Å²) in [6.07, 6.45) is -4.95. The Morgan fingerprint density at radius 1 is 1.37 bits per heavy atom. The monoisotopic (exact) mass is 339 g/mol. The maximum absolute atomic E-state index is 12.4. The van der Waals surface area contributed by atoms with Crippen molar-refractivity contribution in [2.75, 3.05) is 13.7 Å². The second kappa shape index (κ2) is 7.14. The number of alkyl halides is 3. The first-order chi connectivity index (χ1) is 8.87. The molecular formula is C13H17BrF3NO. The van der Waals surface area contributed by atoms with Gasteiger partial charge in [0.15, 0.2) is 0 Å². The molecule has 19 heavy (non-hydrogen) atoms. The van der Waals surface area contributed by atoms with E-state index in [9.17, 15) is 13.2 Å². The van der Waals surface area contributed by atoms with Crippen molar-refractivity contribution < 1.29 is 17.9 Å². The Morgan fingerprint density at radius 3 is 2.58 bits per heavy atom. The van der Waals surface area contributed by atoms with Crippen LogP contribution in [0.2, 0.25) is 0 Å². The van der Waals surface area contributed by atoms with Crippen molar-refractivity contribution in [1.82, 2.24) is 5.32 Å². The molecule has 6 heteroatoms. The third-order valence-electron chi connectivity index (χ3n) is 2.75. The van der Waals surface area contributed by atoms with Crippen LogP contribution in [0.5, 0.6) is 5.75 Å². The van der Waals surface area contributed by atoms with Crippen molar-refractivity contribution in [3.63, 3.8) is 0 Å². The van der Waals surface area contributed by atoms with Gasteiger partial charge >= 0.3 is 6.18 Å². The molecule has 0 spiro atoms. The Hall–Kier alpha value is -0.750. The lowest BCUT2D eigenvalue weighted by Gasteiger charge is -2.21. The molecule has 1 aromatic carbocycles. The second-order valence-electron chi connectivity index (χ2n) is 4.15. The number of hydrogen-bond acceptors (Lipinski definition) is 2. The quantitative estimate of drug-likeness (QED) is 0.826. The lowest BCUT2D eigenvalue weighted by atomic mass is 10.0. The summed E-state index contributed by atoms with van der Waals surface area (Å²) in [6.45, 7) is 2.47. The fraction of sp³-hybridized carbons (Fsp3) is 0.538. The van der Waals surface area contributed by atoms with E-state index in [0.29, 0.717) is 12.3 Å². The van der Waals surface area contributed by atoms with Crippen LogP contribution in [0, 0.1) is 0 Å². The van der Waals surface area contributed by atoms with Gasteiger partial charge in [0, 0.05) is 16.9 Å². The van der Waals surface area contributed by atoms with Crippen molar-refractivity contribution in [2.24, 2.45) is 0 Å². The lowest BCUT2D eigenvalue weighted by molar-refractivity contribution is -0.136. The molecule has 1 atom stereocenters. The molecule has 0 amide bonds. The maximum Gasteiger partial charge on any atom is 0.389 e. The lowest BCUT2D eigenvalue weighted by Crippen LogP contribution is -2.23. The van der Waals surface area contributed by atoms with Gasteiger partial charge in [-0.05, 0) is 36.7 Å². The molecule has 0 aromatic heterocycles. The van der Waals surface area contributed by atoms with Crippen LogP contribution >= 0.6 is 15.9 Å². The van der Waals surface area contributed by atoms with Gasteiger partial charge in [0.1, 0.15) is 5.75 Å². The van der Waals surface area contributed by atoms with E-state index in [1.54, 1.807) is 18.2 Å². The Labute approximate surface area is 119 Å². The predicted molar refractivity (Wildman–Crippen MR) is 72.4 cm³/mol. The minimum atomic E-state index is -4.14. The molecule has 0 aliphatic carbocycles. The van der Waals surface area contributed by atoms with Crippen LogP contribution in [0.3, 0.4) is 0 Å². The summed E-state index contributed by atoms with van der Waals surface area (Å²) >= 11 is 3.37. The van der Waals surface area contributed by atoms with Gasteiger partial charge in [0.05, 0.1) is 7.11 Å². The first-order valence-corrected chi connectivity index (χ1v) is 6.80. The Morgan fingerprint density at radius 2 is 2.05 bits per heavy atom. The number of methoxy groups -OCH3 is 1. The average Bonchev–Trinajstić information content (AvgIpc) is 2.34. The summed E-state index contributed by atoms with van der Waals surface area (Å²) in [6, 6.07) is 4.95. The van der Waals surface area contributed by atoms with Gasteiger partial charge < -0.3 is 10.1 Å². The van der Waals surface area contributed by atoms with Crippen LogP contribution in [0.25, 0.3) is 0 Å². The van der Waals surface area contributed by atoms with E-state index in [0.717, 1.165) is 10.0 Å². The van der Waals surface area contributed by atoms with E-state index in [4.69, 9.17) is 4.74 Å². The molecule has 1 unspecified atom stereocenters. The molecule has 0 saturated carbocycles. The minimum absolute atomic E-state index is 0.00308. The van der Waals surface area contributed by atoms with Crippen LogP contribution in [0.15, 0.2) is 22.7 Å². The summed E-state index contributed by atoms with van der Waals surface area (Å²) in [7, 11) is 1.53. The first-order valence-electron chi connectivity index (χ1n) is 6.01. The summed E-state index contributed by atoms with van der Waals surface area (Å²) < 4.78 is 43.0. The predicted octanol–water partition coefficient (Wildman–Crippen LogP) is 4.45. The standard InChI is InChI=1S/C13H17BrF3NO/c1-3-18-12(6-7-13(15,16)17)10-8-9(19-2)4-5-11(10)14/h4-5,8,12,18H,3,6-7H2,1-2H3. The van der Waals surface area contributed by atoms with Crippen molar-refractivity contribution in [3.8, 4) is 5.75 Å². The highest BCUT2D eigenvalue weighted by Gasteiger charge is 2.29. The van der Waals surface area contributed by atoms with Gasteiger partial charge in [-0.3, -0.25) is 0 Å². The fourth-order valence-electron chi connectivity index (χ4n) is 1.84.